The van der Waals surface area contributed by atoms with Crippen molar-refractivity contribution in [2.75, 3.05) is 0 Å². The summed E-state index contributed by atoms with van der Waals surface area (Å²) in [6, 6.07) is 5.31. The van der Waals surface area contributed by atoms with E-state index in [2.05, 4.69) is 9.98 Å². The van der Waals surface area contributed by atoms with Gasteiger partial charge in [-0.1, -0.05) is 0 Å². The Morgan fingerprint density at radius 1 is 1.05 bits per heavy atom. The van der Waals surface area contributed by atoms with Crippen molar-refractivity contribution in [1.29, 1.82) is 0 Å². The second-order valence-electron chi connectivity index (χ2n) is 3.05. The van der Waals surface area contributed by atoms with Gasteiger partial charge in [-0.15, -0.1) is 0 Å². The molecule has 0 saturated heterocycles. The molecule has 0 saturated carbocycles. The van der Waals surface area contributed by atoms with Gasteiger partial charge in [0.25, 0.3) is 0 Å². The Hall–Kier alpha value is -1.61. The number of aliphatic imine (C=N–C) groups is 2. The molecule has 6 N–H and O–H groups in total. The number of rotatable bonds is 2. The maximum atomic E-state index is 12.1. The minimum atomic E-state index is -4.32. The van der Waals surface area contributed by atoms with Crippen LogP contribution in [0, 0.1) is 0 Å². The third-order valence-corrected chi connectivity index (χ3v) is 2.30. The van der Waals surface area contributed by atoms with Crippen LogP contribution in [0.5, 0.6) is 0 Å². The smallest absolute Gasteiger partial charge is 0.446 e. The number of halogens is 4. The molecule has 5 nitrogen and oxygen atoms in total. The molecule has 0 aliphatic rings. The predicted molar refractivity (Wildman–Crippen MR) is 65.4 cm³/mol. The lowest BCUT2D eigenvalue weighted by Gasteiger charge is -2.05. The number of nitrogens with zero attached hydrogens (tertiary/aromatic N) is 2. The molecule has 0 fully saturated rings. The molecule has 0 unspecified atom stereocenters. The van der Waals surface area contributed by atoms with Gasteiger partial charge >= 0.3 is 5.51 Å². The standard InChI is InChI=1S/C9H10F3N5S.ClH/c10-9(11,12)18-6-3-1-5(2-4-6)16-8(15)17-7(13)14;/h1-4H,(H6,13,14,15,16,17);1H/p-1. The van der Waals surface area contributed by atoms with E-state index in [9.17, 15) is 13.2 Å². The van der Waals surface area contributed by atoms with Gasteiger partial charge in [-0.25, -0.2) is 4.99 Å². The SMILES string of the molecule is NC(N)=NC(N)=Nc1ccc(SC(F)(F)F)cc1.[Cl-]. The van der Waals surface area contributed by atoms with Crippen molar-refractivity contribution in [3.05, 3.63) is 24.3 Å². The summed E-state index contributed by atoms with van der Waals surface area (Å²) >= 11 is -0.208. The number of benzene rings is 1. The van der Waals surface area contributed by atoms with Gasteiger partial charge in [0.2, 0.25) is 5.96 Å². The molecule has 0 bridgehead atoms. The van der Waals surface area contributed by atoms with E-state index in [0.717, 1.165) is 0 Å². The van der Waals surface area contributed by atoms with Crippen LogP contribution in [-0.4, -0.2) is 17.4 Å². The van der Waals surface area contributed by atoms with E-state index in [1.54, 1.807) is 0 Å². The van der Waals surface area contributed by atoms with Crippen LogP contribution in [0.3, 0.4) is 0 Å². The topological polar surface area (TPSA) is 103 Å². The van der Waals surface area contributed by atoms with Gasteiger partial charge in [-0.2, -0.15) is 18.2 Å². The van der Waals surface area contributed by atoms with Crippen molar-refractivity contribution in [3.8, 4) is 0 Å². The van der Waals surface area contributed by atoms with Crippen molar-refractivity contribution in [2.45, 2.75) is 10.4 Å². The van der Waals surface area contributed by atoms with Gasteiger partial charge in [0.15, 0.2) is 5.96 Å². The normalized spacial score (nSPS) is 11.6. The lowest BCUT2D eigenvalue weighted by atomic mass is 10.3. The highest BCUT2D eigenvalue weighted by atomic mass is 35.5. The highest BCUT2D eigenvalue weighted by Crippen LogP contribution is 2.37. The molecular formula is C9H10ClF3N5S-. The first-order valence-corrected chi connectivity index (χ1v) is 5.37. The molecule has 19 heavy (non-hydrogen) atoms. The number of guanidine groups is 2. The minimum absolute atomic E-state index is 0. The first-order chi connectivity index (χ1) is 8.26. The quantitative estimate of drug-likeness (QED) is 0.352. The fourth-order valence-electron chi connectivity index (χ4n) is 1.01. The van der Waals surface area contributed by atoms with Gasteiger partial charge in [-0.3, -0.25) is 0 Å². The van der Waals surface area contributed by atoms with E-state index >= 15 is 0 Å². The maximum Gasteiger partial charge on any atom is 0.446 e. The highest BCUT2D eigenvalue weighted by molar-refractivity contribution is 8.00. The summed E-state index contributed by atoms with van der Waals surface area (Å²) in [5, 5.41) is 0. The number of hydrogen-bond donors (Lipinski definition) is 3. The molecular weight excluding hydrogens is 303 g/mol. The molecule has 0 amide bonds. The van der Waals surface area contributed by atoms with Crippen LogP contribution in [-0.2, 0) is 0 Å². The fourth-order valence-corrected chi connectivity index (χ4v) is 1.55. The van der Waals surface area contributed by atoms with E-state index in [4.69, 9.17) is 17.2 Å². The lowest BCUT2D eigenvalue weighted by molar-refractivity contribution is -0.0328. The largest absolute Gasteiger partial charge is 1.00 e. The molecule has 0 aromatic heterocycles. The second-order valence-corrected chi connectivity index (χ2v) is 4.19. The summed E-state index contributed by atoms with van der Waals surface area (Å²) in [5.74, 6) is -0.424. The lowest BCUT2D eigenvalue weighted by Crippen LogP contribution is -3.00. The van der Waals surface area contributed by atoms with Crippen molar-refractivity contribution in [2.24, 2.45) is 27.2 Å². The molecule has 1 rings (SSSR count). The average molecular weight is 313 g/mol. The molecule has 0 radical (unpaired) electrons. The predicted octanol–water partition coefficient (Wildman–Crippen LogP) is -1.48. The zero-order valence-corrected chi connectivity index (χ0v) is 10.9. The third kappa shape index (κ3) is 7.42. The van der Waals surface area contributed by atoms with Crippen LogP contribution in [0.4, 0.5) is 18.9 Å². The van der Waals surface area contributed by atoms with Crippen LogP contribution >= 0.6 is 11.8 Å². The average Bonchev–Trinajstić information content (AvgIpc) is 2.17. The van der Waals surface area contributed by atoms with Crippen molar-refractivity contribution in [3.63, 3.8) is 0 Å². The molecule has 10 heteroatoms. The Morgan fingerprint density at radius 2 is 1.58 bits per heavy atom. The number of alkyl halides is 3. The Labute approximate surface area is 117 Å². The highest BCUT2D eigenvalue weighted by Gasteiger charge is 2.28. The van der Waals surface area contributed by atoms with Gasteiger partial charge in [0.1, 0.15) is 0 Å². The van der Waals surface area contributed by atoms with Gasteiger partial charge in [0, 0.05) is 4.90 Å². The molecule has 0 aliphatic carbocycles. The summed E-state index contributed by atoms with van der Waals surface area (Å²) in [6.45, 7) is 0. The van der Waals surface area contributed by atoms with Crippen molar-refractivity contribution >= 4 is 29.4 Å². The van der Waals surface area contributed by atoms with Crippen LogP contribution in [0.1, 0.15) is 0 Å². The zero-order chi connectivity index (χ0) is 13.8. The summed E-state index contributed by atoms with van der Waals surface area (Å²) in [6.07, 6.45) is 0. The van der Waals surface area contributed by atoms with E-state index in [-0.39, 0.29) is 41.0 Å². The Kier molecular flexibility index (Phi) is 6.49. The van der Waals surface area contributed by atoms with Crippen LogP contribution in [0.2, 0.25) is 0 Å². The molecule has 1 aromatic rings. The Morgan fingerprint density at radius 3 is 2.00 bits per heavy atom. The number of nitrogens with two attached hydrogens (primary N) is 3. The summed E-state index contributed by atoms with van der Waals surface area (Å²) < 4.78 is 36.2. The summed E-state index contributed by atoms with van der Waals surface area (Å²) in [4.78, 5) is 7.32. The molecule has 106 valence electrons. The van der Waals surface area contributed by atoms with Crippen LogP contribution in [0.15, 0.2) is 39.1 Å². The zero-order valence-electron chi connectivity index (χ0n) is 9.36. The van der Waals surface area contributed by atoms with Gasteiger partial charge in [0.05, 0.1) is 5.69 Å². The van der Waals surface area contributed by atoms with E-state index in [0.29, 0.717) is 5.69 Å². The summed E-state index contributed by atoms with van der Waals surface area (Å²) in [7, 11) is 0. The van der Waals surface area contributed by atoms with Crippen LogP contribution in [0.25, 0.3) is 0 Å². The molecule has 0 spiro atoms. The second kappa shape index (κ2) is 7.10. The van der Waals surface area contributed by atoms with E-state index in [1.165, 1.54) is 24.3 Å². The molecule has 0 atom stereocenters. The third-order valence-electron chi connectivity index (χ3n) is 1.56. The summed E-state index contributed by atoms with van der Waals surface area (Å²) in [5.41, 5.74) is 11.6. The molecule has 1 aromatic carbocycles. The first-order valence-electron chi connectivity index (χ1n) is 4.56. The Balaban J connectivity index is 0.00000324. The van der Waals surface area contributed by atoms with Gasteiger partial charge in [-0.05, 0) is 36.0 Å². The number of thioether (sulfide) groups is 1. The Bertz CT molecular complexity index is 468. The van der Waals surface area contributed by atoms with E-state index in [1.807, 2.05) is 0 Å². The van der Waals surface area contributed by atoms with Crippen molar-refractivity contribution in [1.82, 2.24) is 0 Å². The molecule has 0 heterocycles. The van der Waals surface area contributed by atoms with E-state index < -0.39 is 5.51 Å². The van der Waals surface area contributed by atoms with Crippen LogP contribution < -0.4 is 29.6 Å². The van der Waals surface area contributed by atoms with Crippen molar-refractivity contribution < 1.29 is 25.6 Å². The number of hydrogen-bond acceptors (Lipinski definition) is 2. The monoisotopic (exact) mass is 312 g/mol. The maximum absolute atomic E-state index is 12.1. The minimum Gasteiger partial charge on any atom is -1.00 e. The first kappa shape index (κ1) is 17.4. The fraction of sp³-hybridized carbons (Fsp3) is 0.111. The van der Waals surface area contributed by atoms with Gasteiger partial charge < -0.3 is 29.6 Å². The molecule has 0 aliphatic heterocycles.